The average Bonchev–Trinajstić information content (AvgIpc) is 2.20. The van der Waals surface area contributed by atoms with Gasteiger partial charge in [-0.1, -0.05) is 56.3 Å². The van der Waals surface area contributed by atoms with Gasteiger partial charge in [-0.15, -0.1) is 0 Å². The van der Waals surface area contributed by atoms with Gasteiger partial charge in [0, 0.05) is 0 Å². The van der Waals surface area contributed by atoms with Gasteiger partial charge in [-0.2, -0.15) is 0 Å². The summed E-state index contributed by atoms with van der Waals surface area (Å²) in [5.74, 6) is 0.264. The molecule has 1 rings (SSSR count). The first-order chi connectivity index (χ1) is 6.74. The van der Waals surface area contributed by atoms with E-state index < -0.39 is 0 Å². The molecule has 0 spiro atoms. The van der Waals surface area contributed by atoms with Crippen LogP contribution in [0, 0.1) is 5.92 Å². The Balaban J connectivity index is 2.63. The van der Waals surface area contributed by atoms with Crippen LogP contribution in [-0.4, -0.2) is 11.4 Å². The van der Waals surface area contributed by atoms with Crippen LogP contribution in [0.5, 0.6) is 0 Å². The van der Waals surface area contributed by atoms with Gasteiger partial charge in [0.15, 0.2) is 0 Å². The minimum absolute atomic E-state index is 0.241. The standard InChI is InChI=1S/C12H16O2/c1-10(2)12(14-13)9-8-11-6-4-3-5-7-11/h3-10,12-13H,1-2H3/b9-8+. The van der Waals surface area contributed by atoms with Crippen molar-refractivity contribution in [2.75, 3.05) is 0 Å². The van der Waals surface area contributed by atoms with Gasteiger partial charge in [-0.3, -0.25) is 5.26 Å². The van der Waals surface area contributed by atoms with Gasteiger partial charge in [0.05, 0.1) is 0 Å². The molecule has 0 saturated carbocycles. The minimum atomic E-state index is -0.241. The van der Waals surface area contributed by atoms with Gasteiger partial charge in [0.1, 0.15) is 6.10 Å². The van der Waals surface area contributed by atoms with E-state index in [1.54, 1.807) is 0 Å². The SMILES string of the molecule is CC(C)C(/C=C/c1ccccc1)OO. The molecule has 0 fully saturated rings. The van der Waals surface area contributed by atoms with Crippen molar-refractivity contribution in [3.05, 3.63) is 42.0 Å². The van der Waals surface area contributed by atoms with Crippen LogP contribution in [0.1, 0.15) is 19.4 Å². The Kier molecular flexibility index (Phi) is 4.36. The van der Waals surface area contributed by atoms with Crippen LogP contribution < -0.4 is 0 Å². The van der Waals surface area contributed by atoms with Crippen LogP contribution in [0.25, 0.3) is 6.08 Å². The van der Waals surface area contributed by atoms with Crippen LogP contribution >= 0.6 is 0 Å². The molecule has 76 valence electrons. The maximum Gasteiger partial charge on any atom is 0.113 e. The van der Waals surface area contributed by atoms with Crippen LogP contribution in [0.4, 0.5) is 0 Å². The summed E-state index contributed by atoms with van der Waals surface area (Å²) in [6.45, 7) is 3.99. The average molecular weight is 192 g/mol. The van der Waals surface area contributed by atoms with Gasteiger partial charge < -0.3 is 0 Å². The molecule has 14 heavy (non-hydrogen) atoms. The quantitative estimate of drug-likeness (QED) is 0.586. The molecule has 2 nitrogen and oxygen atoms in total. The first-order valence-electron chi connectivity index (χ1n) is 4.77. The Hall–Kier alpha value is -1.12. The van der Waals surface area contributed by atoms with Crippen molar-refractivity contribution in [2.45, 2.75) is 20.0 Å². The second kappa shape index (κ2) is 5.58. The van der Waals surface area contributed by atoms with E-state index in [4.69, 9.17) is 5.26 Å². The van der Waals surface area contributed by atoms with Crippen molar-refractivity contribution < 1.29 is 10.1 Å². The third-order valence-electron chi connectivity index (χ3n) is 2.06. The first-order valence-corrected chi connectivity index (χ1v) is 4.77. The Morgan fingerprint density at radius 1 is 1.21 bits per heavy atom. The monoisotopic (exact) mass is 192 g/mol. The highest BCUT2D eigenvalue weighted by atomic mass is 17.1. The molecule has 0 aromatic heterocycles. The fraction of sp³-hybridized carbons (Fsp3) is 0.333. The molecule has 0 radical (unpaired) electrons. The Morgan fingerprint density at radius 3 is 2.36 bits per heavy atom. The molecule has 1 aromatic carbocycles. The van der Waals surface area contributed by atoms with Gasteiger partial charge >= 0.3 is 0 Å². The van der Waals surface area contributed by atoms with E-state index in [1.807, 2.05) is 56.3 Å². The van der Waals surface area contributed by atoms with E-state index in [1.165, 1.54) is 0 Å². The molecule has 1 unspecified atom stereocenters. The summed E-state index contributed by atoms with van der Waals surface area (Å²) in [5.41, 5.74) is 1.11. The van der Waals surface area contributed by atoms with Crippen molar-refractivity contribution >= 4 is 6.08 Å². The third-order valence-corrected chi connectivity index (χ3v) is 2.06. The highest BCUT2D eigenvalue weighted by molar-refractivity contribution is 5.49. The summed E-state index contributed by atoms with van der Waals surface area (Å²) in [6, 6.07) is 9.93. The second-order valence-electron chi connectivity index (χ2n) is 3.58. The number of hydrogen-bond donors (Lipinski definition) is 1. The predicted octanol–water partition coefficient (Wildman–Crippen LogP) is 3.21. The first kappa shape index (κ1) is 11.0. The summed E-state index contributed by atoms with van der Waals surface area (Å²) in [5, 5.41) is 8.62. The summed E-state index contributed by atoms with van der Waals surface area (Å²) < 4.78 is 0. The topological polar surface area (TPSA) is 29.5 Å². The zero-order chi connectivity index (χ0) is 10.4. The molecule has 0 aliphatic rings. The zero-order valence-corrected chi connectivity index (χ0v) is 8.55. The number of benzene rings is 1. The van der Waals surface area contributed by atoms with Crippen LogP contribution in [0.15, 0.2) is 36.4 Å². The molecule has 0 aliphatic heterocycles. The van der Waals surface area contributed by atoms with E-state index in [2.05, 4.69) is 4.89 Å². The largest absolute Gasteiger partial charge is 0.251 e. The van der Waals surface area contributed by atoms with Crippen molar-refractivity contribution in [1.29, 1.82) is 0 Å². The number of rotatable bonds is 4. The Bertz CT molecular complexity index is 278. The van der Waals surface area contributed by atoms with E-state index in [-0.39, 0.29) is 12.0 Å². The highest BCUT2D eigenvalue weighted by Gasteiger charge is 2.08. The second-order valence-corrected chi connectivity index (χ2v) is 3.58. The molecule has 0 aliphatic carbocycles. The minimum Gasteiger partial charge on any atom is -0.251 e. The molecule has 0 heterocycles. The van der Waals surface area contributed by atoms with E-state index >= 15 is 0 Å². The van der Waals surface area contributed by atoms with Crippen molar-refractivity contribution in [3.63, 3.8) is 0 Å². The summed E-state index contributed by atoms with van der Waals surface area (Å²) in [6.07, 6.45) is 3.57. The molecule has 0 amide bonds. The fourth-order valence-corrected chi connectivity index (χ4v) is 1.15. The molecular formula is C12H16O2. The summed E-state index contributed by atoms with van der Waals surface area (Å²) >= 11 is 0. The molecule has 1 N–H and O–H groups in total. The highest BCUT2D eigenvalue weighted by Crippen LogP contribution is 2.09. The molecule has 1 aromatic rings. The van der Waals surface area contributed by atoms with Gasteiger partial charge in [-0.25, -0.2) is 4.89 Å². The molecular weight excluding hydrogens is 176 g/mol. The zero-order valence-electron chi connectivity index (χ0n) is 8.55. The van der Waals surface area contributed by atoms with E-state index in [0.717, 1.165) is 5.56 Å². The van der Waals surface area contributed by atoms with E-state index in [0.29, 0.717) is 0 Å². The maximum atomic E-state index is 8.62. The Labute approximate surface area is 84.8 Å². The molecule has 0 bridgehead atoms. The number of hydrogen-bond acceptors (Lipinski definition) is 2. The summed E-state index contributed by atoms with van der Waals surface area (Å²) in [4.78, 5) is 4.35. The van der Waals surface area contributed by atoms with Gasteiger partial charge in [-0.05, 0) is 11.5 Å². The van der Waals surface area contributed by atoms with Crippen molar-refractivity contribution in [1.82, 2.24) is 0 Å². The lowest BCUT2D eigenvalue weighted by Crippen LogP contribution is -2.14. The normalized spacial score (nSPS) is 13.7. The van der Waals surface area contributed by atoms with Crippen molar-refractivity contribution in [2.24, 2.45) is 5.92 Å². The fourth-order valence-electron chi connectivity index (χ4n) is 1.15. The van der Waals surface area contributed by atoms with Crippen LogP contribution in [0.2, 0.25) is 0 Å². The lowest BCUT2D eigenvalue weighted by molar-refractivity contribution is -0.274. The predicted molar refractivity (Wildman–Crippen MR) is 57.8 cm³/mol. The van der Waals surface area contributed by atoms with E-state index in [9.17, 15) is 0 Å². The third kappa shape index (κ3) is 3.32. The van der Waals surface area contributed by atoms with Gasteiger partial charge in [0.25, 0.3) is 0 Å². The van der Waals surface area contributed by atoms with Gasteiger partial charge in [0.2, 0.25) is 0 Å². The Morgan fingerprint density at radius 2 is 1.86 bits per heavy atom. The maximum absolute atomic E-state index is 8.62. The molecule has 2 heteroatoms. The van der Waals surface area contributed by atoms with Crippen LogP contribution in [-0.2, 0) is 4.89 Å². The molecule has 0 saturated heterocycles. The summed E-state index contributed by atoms with van der Waals surface area (Å²) in [7, 11) is 0. The lowest BCUT2D eigenvalue weighted by atomic mass is 10.1. The lowest BCUT2D eigenvalue weighted by Gasteiger charge is -2.11. The van der Waals surface area contributed by atoms with Crippen LogP contribution in [0.3, 0.4) is 0 Å². The van der Waals surface area contributed by atoms with Crippen molar-refractivity contribution in [3.8, 4) is 0 Å². The molecule has 1 atom stereocenters. The smallest absolute Gasteiger partial charge is 0.113 e.